The molecular weight excluding hydrogens is 198 g/mol. The quantitative estimate of drug-likeness (QED) is 0.664. The van der Waals surface area contributed by atoms with Crippen molar-refractivity contribution in [2.24, 2.45) is 11.3 Å². The van der Waals surface area contributed by atoms with E-state index in [1.807, 2.05) is 20.8 Å². The smallest absolute Gasteiger partial charge is 0.152 e. The lowest BCUT2D eigenvalue weighted by Crippen LogP contribution is -2.38. The molecule has 0 atom stereocenters. The van der Waals surface area contributed by atoms with Crippen molar-refractivity contribution in [3.63, 3.8) is 0 Å². The highest BCUT2D eigenvalue weighted by molar-refractivity contribution is 5.85. The SMILES string of the molecule is CCC(CC)CN(CC)CC(=O)C(C)(C)C. The van der Waals surface area contributed by atoms with Gasteiger partial charge in [0.1, 0.15) is 0 Å². The summed E-state index contributed by atoms with van der Waals surface area (Å²) in [5, 5.41) is 0. The van der Waals surface area contributed by atoms with Gasteiger partial charge in [0.15, 0.2) is 5.78 Å². The summed E-state index contributed by atoms with van der Waals surface area (Å²) in [7, 11) is 0. The summed E-state index contributed by atoms with van der Waals surface area (Å²) in [5.74, 6) is 1.08. The van der Waals surface area contributed by atoms with Gasteiger partial charge in [-0.2, -0.15) is 0 Å². The van der Waals surface area contributed by atoms with Crippen molar-refractivity contribution in [2.75, 3.05) is 19.6 Å². The van der Waals surface area contributed by atoms with Crippen molar-refractivity contribution in [1.29, 1.82) is 0 Å². The van der Waals surface area contributed by atoms with Gasteiger partial charge in [0.05, 0.1) is 6.54 Å². The van der Waals surface area contributed by atoms with Gasteiger partial charge in [-0.1, -0.05) is 54.4 Å². The van der Waals surface area contributed by atoms with Crippen LogP contribution >= 0.6 is 0 Å². The zero-order valence-electron chi connectivity index (χ0n) is 12.0. The standard InChI is InChI=1S/C14H29NO/c1-7-12(8-2)10-15(9-3)11-13(16)14(4,5)6/h12H,7-11H2,1-6H3. The average molecular weight is 227 g/mol. The van der Waals surface area contributed by atoms with Crippen molar-refractivity contribution in [1.82, 2.24) is 4.90 Å². The number of likely N-dealkylation sites (N-methyl/N-ethyl adjacent to an activating group) is 1. The van der Waals surface area contributed by atoms with Crippen molar-refractivity contribution >= 4 is 5.78 Å². The van der Waals surface area contributed by atoms with E-state index in [-0.39, 0.29) is 5.41 Å². The Kier molecular flexibility index (Phi) is 6.89. The Hall–Kier alpha value is -0.370. The summed E-state index contributed by atoms with van der Waals surface area (Å²) in [4.78, 5) is 14.2. The predicted octanol–water partition coefficient (Wildman–Crippen LogP) is 3.36. The van der Waals surface area contributed by atoms with Crippen molar-refractivity contribution in [2.45, 2.75) is 54.4 Å². The van der Waals surface area contributed by atoms with Gasteiger partial charge in [-0.05, 0) is 12.5 Å². The Balaban J connectivity index is 4.25. The van der Waals surface area contributed by atoms with Crippen molar-refractivity contribution in [3.8, 4) is 0 Å². The lowest BCUT2D eigenvalue weighted by Gasteiger charge is -2.27. The fourth-order valence-electron chi connectivity index (χ4n) is 1.66. The number of hydrogen-bond donors (Lipinski definition) is 0. The first-order valence-electron chi connectivity index (χ1n) is 6.60. The molecule has 0 rings (SSSR count). The van der Waals surface area contributed by atoms with Gasteiger partial charge >= 0.3 is 0 Å². The van der Waals surface area contributed by atoms with Gasteiger partial charge < -0.3 is 0 Å². The molecule has 0 fully saturated rings. The molecule has 2 nitrogen and oxygen atoms in total. The van der Waals surface area contributed by atoms with E-state index in [1.165, 1.54) is 12.8 Å². The normalized spacial score (nSPS) is 12.5. The second-order valence-electron chi connectivity index (χ2n) is 5.68. The van der Waals surface area contributed by atoms with E-state index in [0.717, 1.165) is 19.0 Å². The van der Waals surface area contributed by atoms with Gasteiger partial charge in [0.25, 0.3) is 0 Å². The molecule has 96 valence electrons. The van der Waals surface area contributed by atoms with Crippen LogP contribution in [0.3, 0.4) is 0 Å². The molecule has 0 heterocycles. The molecule has 0 N–H and O–H groups in total. The zero-order valence-corrected chi connectivity index (χ0v) is 12.0. The minimum atomic E-state index is -0.207. The number of hydrogen-bond acceptors (Lipinski definition) is 2. The Labute approximate surface area is 101 Å². The highest BCUT2D eigenvalue weighted by Crippen LogP contribution is 2.16. The molecule has 0 aliphatic rings. The number of carbonyl (C=O) groups excluding carboxylic acids is 1. The van der Waals surface area contributed by atoms with E-state index in [1.54, 1.807) is 0 Å². The van der Waals surface area contributed by atoms with E-state index < -0.39 is 0 Å². The molecule has 0 bridgehead atoms. The van der Waals surface area contributed by atoms with Crippen molar-refractivity contribution in [3.05, 3.63) is 0 Å². The third-order valence-corrected chi connectivity index (χ3v) is 3.32. The predicted molar refractivity (Wildman–Crippen MR) is 70.6 cm³/mol. The van der Waals surface area contributed by atoms with Crippen LogP contribution in [0.2, 0.25) is 0 Å². The first-order valence-corrected chi connectivity index (χ1v) is 6.60. The summed E-state index contributed by atoms with van der Waals surface area (Å²) in [6.45, 7) is 15.2. The van der Waals surface area contributed by atoms with Gasteiger partial charge in [-0.3, -0.25) is 9.69 Å². The highest BCUT2D eigenvalue weighted by Gasteiger charge is 2.23. The topological polar surface area (TPSA) is 20.3 Å². The van der Waals surface area contributed by atoms with Gasteiger partial charge in [0.2, 0.25) is 0 Å². The minimum Gasteiger partial charge on any atom is -0.298 e. The number of nitrogens with zero attached hydrogens (tertiary/aromatic N) is 1. The summed E-state index contributed by atoms with van der Waals surface area (Å²) < 4.78 is 0. The van der Waals surface area contributed by atoms with E-state index in [4.69, 9.17) is 0 Å². The lowest BCUT2D eigenvalue weighted by molar-refractivity contribution is -0.127. The van der Waals surface area contributed by atoms with Crippen LogP contribution in [0.5, 0.6) is 0 Å². The molecule has 0 spiro atoms. The molecule has 0 saturated heterocycles. The molecule has 0 aliphatic heterocycles. The second-order valence-corrected chi connectivity index (χ2v) is 5.68. The Morgan fingerprint density at radius 3 is 1.94 bits per heavy atom. The number of carbonyl (C=O) groups is 1. The Morgan fingerprint density at radius 2 is 1.62 bits per heavy atom. The van der Waals surface area contributed by atoms with Crippen LogP contribution in [-0.2, 0) is 4.79 Å². The molecule has 0 unspecified atom stereocenters. The van der Waals surface area contributed by atoms with Crippen LogP contribution in [0.15, 0.2) is 0 Å². The lowest BCUT2D eigenvalue weighted by atomic mass is 9.90. The molecular formula is C14H29NO. The third kappa shape index (κ3) is 5.64. The van der Waals surface area contributed by atoms with Crippen LogP contribution in [0.1, 0.15) is 54.4 Å². The second kappa shape index (κ2) is 7.05. The molecule has 0 radical (unpaired) electrons. The van der Waals surface area contributed by atoms with Crippen LogP contribution < -0.4 is 0 Å². The largest absolute Gasteiger partial charge is 0.298 e. The molecule has 0 saturated carbocycles. The maximum Gasteiger partial charge on any atom is 0.152 e. The van der Waals surface area contributed by atoms with Gasteiger partial charge in [-0.25, -0.2) is 0 Å². The van der Waals surface area contributed by atoms with Crippen LogP contribution in [0, 0.1) is 11.3 Å². The average Bonchev–Trinajstić information content (AvgIpc) is 2.22. The maximum absolute atomic E-state index is 12.0. The van der Waals surface area contributed by atoms with E-state index in [0.29, 0.717) is 12.3 Å². The summed E-state index contributed by atoms with van der Waals surface area (Å²) in [6.07, 6.45) is 2.41. The fraction of sp³-hybridized carbons (Fsp3) is 0.929. The van der Waals surface area contributed by atoms with Crippen molar-refractivity contribution < 1.29 is 4.79 Å². The van der Waals surface area contributed by atoms with Crippen LogP contribution in [-0.4, -0.2) is 30.3 Å². The van der Waals surface area contributed by atoms with Crippen LogP contribution in [0.25, 0.3) is 0 Å². The molecule has 0 aromatic rings. The fourth-order valence-corrected chi connectivity index (χ4v) is 1.66. The monoisotopic (exact) mass is 227 g/mol. The zero-order chi connectivity index (χ0) is 12.8. The number of rotatable bonds is 7. The Bertz CT molecular complexity index is 201. The van der Waals surface area contributed by atoms with E-state index >= 15 is 0 Å². The maximum atomic E-state index is 12.0. The summed E-state index contributed by atoms with van der Waals surface area (Å²) in [5.41, 5.74) is -0.207. The highest BCUT2D eigenvalue weighted by atomic mass is 16.1. The van der Waals surface area contributed by atoms with E-state index in [9.17, 15) is 4.79 Å². The number of Topliss-reactive ketones (excluding diaryl/α,β-unsaturated/α-hetero) is 1. The third-order valence-electron chi connectivity index (χ3n) is 3.32. The van der Waals surface area contributed by atoms with Crippen LogP contribution in [0.4, 0.5) is 0 Å². The number of ketones is 1. The molecule has 2 heteroatoms. The first-order chi connectivity index (χ1) is 7.35. The molecule has 0 aliphatic carbocycles. The first kappa shape index (κ1) is 15.6. The molecule has 16 heavy (non-hydrogen) atoms. The van der Waals surface area contributed by atoms with E-state index in [2.05, 4.69) is 25.7 Å². The Morgan fingerprint density at radius 1 is 1.12 bits per heavy atom. The van der Waals surface area contributed by atoms with Gasteiger partial charge in [0, 0.05) is 12.0 Å². The summed E-state index contributed by atoms with van der Waals surface area (Å²) in [6, 6.07) is 0. The molecule has 0 amide bonds. The molecule has 0 aromatic carbocycles. The minimum absolute atomic E-state index is 0.207. The van der Waals surface area contributed by atoms with Gasteiger partial charge in [-0.15, -0.1) is 0 Å². The molecule has 0 aromatic heterocycles. The summed E-state index contributed by atoms with van der Waals surface area (Å²) >= 11 is 0.